The first kappa shape index (κ1) is 22.6. The second-order valence-electron chi connectivity index (χ2n) is 7.38. The smallest absolute Gasteiger partial charge is 0.344 e. The van der Waals surface area contributed by atoms with E-state index in [0.717, 1.165) is 12.8 Å². The standard InChI is InChI=1S/C22H25N5O5S/c1-14(19(28)29)32-17-8-6-16(7-9-17)30-10-11-31-22-26-20(23-13-18-3-2-12-33-18)25-21(27-22)24-15-4-5-15/h2-3,6-9,12,14-15H,4-5,10-11,13H2,1H3,(H,28,29)(H2,23,24,25,26,27). The highest BCUT2D eigenvalue weighted by Crippen LogP contribution is 2.24. The van der Waals surface area contributed by atoms with Gasteiger partial charge in [0.05, 0.1) is 6.54 Å². The predicted octanol–water partition coefficient (Wildman–Crippen LogP) is 3.43. The minimum atomic E-state index is -1.02. The van der Waals surface area contributed by atoms with Gasteiger partial charge in [-0.25, -0.2) is 4.79 Å². The molecule has 1 aliphatic rings. The maximum atomic E-state index is 10.9. The van der Waals surface area contributed by atoms with E-state index in [2.05, 4.69) is 25.6 Å². The topological polar surface area (TPSA) is 128 Å². The van der Waals surface area contributed by atoms with E-state index in [4.69, 9.17) is 19.3 Å². The zero-order chi connectivity index (χ0) is 23.0. The number of carboxylic acid groups (broad SMARTS) is 1. The molecule has 1 atom stereocenters. The SMILES string of the molecule is CC(Oc1ccc(OCCOc2nc(NCc3cccs3)nc(NC3CC3)n2)cc1)C(=O)O. The third kappa shape index (κ3) is 7.21. The summed E-state index contributed by atoms with van der Waals surface area (Å²) in [6.45, 7) is 2.62. The molecule has 2 aromatic heterocycles. The maximum Gasteiger partial charge on any atom is 0.344 e. The van der Waals surface area contributed by atoms with Gasteiger partial charge in [0.2, 0.25) is 11.9 Å². The molecule has 0 bridgehead atoms. The van der Waals surface area contributed by atoms with Gasteiger partial charge in [-0.15, -0.1) is 11.3 Å². The van der Waals surface area contributed by atoms with Crippen LogP contribution in [0.4, 0.5) is 11.9 Å². The minimum absolute atomic E-state index is 0.219. The van der Waals surface area contributed by atoms with E-state index in [9.17, 15) is 4.79 Å². The fourth-order valence-corrected chi connectivity index (χ4v) is 3.36. The average Bonchev–Trinajstić information content (AvgIpc) is 3.46. The molecular formula is C22H25N5O5S. The summed E-state index contributed by atoms with van der Waals surface area (Å²) in [5, 5.41) is 17.4. The summed E-state index contributed by atoms with van der Waals surface area (Å²) >= 11 is 1.66. The predicted molar refractivity (Wildman–Crippen MR) is 123 cm³/mol. The third-order valence-electron chi connectivity index (χ3n) is 4.59. The van der Waals surface area contributed by atoms with Crippen LogP contribution in [0.25, 0.3) is 0 Å². The van der Waals surface area contributed by atoms with E-state index < -0.39 is 12.1 Å². The monoisotopic (exact) mass is 471 g/mol. The highest BCUT2D eigenvalue weighted by atomic mass is 32.1. The van der Waals surface area contributed by atoms with Crippen LogP contribution in [0.3, 0.4) is 0 Å². The van der Waals surface area contributed by atoms with Crippen LogP contribution in [-0.2, 0) is 11.3 Å². The van der Waals surface area contributed by atoms with Gasteiger partial charge < -0.3 is 30.0 Å². The Hall–Kier alpha value is -3.60. The fourth-order valence-electron chi connectivity index (χ4n) is 2.72. The number of rotatable bonds is 13. The van der Waals surface area contributed by atoms with Crippen molar-refractivity contribution in [1.82, 2.24) is 15.0 Å². The quantitative estimate of drug-likeness (QED) is 0.319. The molecule has 0 saturated heterocycles. The van der Waals surface area contributed by atoms with Crippen LogP contribution in [0, 0.1) is 0 Å². The molecule has 0 spiro atoms. The number of carbonyl (C=O) groups is 1. The van der Waals surface area contributed by atoms with Crippen LogP contribution >= 0.6 is 11.3 Å². The van der Waals surface area contributed by atoms with Crippen molar-refractivity contribution in [3.63, 3.8) is 0 Å². The van der Waals surface area contributed by atoms with Crippen molar-refractivity contribution in [2.45, 2.75) is 38.5 Å². The van der Waals surface area contributed by atoms with E-state index in [-0.39, 0.29) is 19.2 Å². The Labute approximate surface area is 195 Å². The number of thiophene rings is 1. The fraction of sp³-hybridized carbons (Fsp3) is 0.364. The van der Waals surface area contributed by atoms with Crippen molar-refractivity contribution in [2.75, 3.05) is 23.8 Å². The lowest BCUT2D eigenvalue weighted by Gasteiger charge is -2.12. The van der Waals surface area contributed by atoms with Crippen LogP contribution in [0.5, 0.6) is 17.5 Å². The lowest BCUT2D eigenvalue weighted by atomic mass is 10.3. The Morgan fingerprint density at radius 1 is 1.09 bits per heavy atom. The summed E-state index contributed by atoms with van der Waals surface area (Å²) in [5.41, 5.74) is 0. The number of aromatic nitrogens is 3. The molecule has 33 heavy (non-hydrogen) atoms. The first-order valence-corrected chi connectivity index (χ1v) is 11.5. The number of carboxylic acids is 1. The molecule has 0 radical (unpaired) electrons. The normalized spacial score (nSPS) is 13.7. The van der Waals surface area contributed by atoms with Crippen LogP contribution < -0.4 is 24.8 Å². The molecule has 0 aliphatic heterocycles. The van der Waals surface area contributed by atoms with E-state index >= 15 is 0 Å². The number of ether oxygens (including phenoxy) is 3. The average molecular weight is 472 g/mol. The zero-order valence-electron chi connectivity index (χ0n) is 18.1. The van der Waals surface area contributed by atoms with E-state index in [0.29, 0.717) is 36.0 Å². The van der Waals surface area contributed by atoms with Gasteiger partial charge in [-0.2, -0.15) is 15.0 Å². The summed E-state index contributed by atoms with van der Waals surface area (Å²) < 4.78 is 16.7. The molecule has 1 aromatic carbocycles. The summed E-state index contributed by atoms with van der Waals surface area (Å²) in [4.78, 5) is 25.2. The minimum Gasteiger partial charge on any atom is -0.490 e. The van der Waals surface area contributed by atoms with Crippen molar-refractivity contribution in [1.29, 1.82) is 0 Å². The van der Waals surface area contributed by atoms with Crippen molar-refractivity contribution in [2.24, 2.45) is 0 Å². The molecule has 174 valence electrons. The summed E-state index contributed by atoms with van der Waals surface area (Å²) in [5.74, 6) is 0.981. The first-order valence-electron chi connectivity index (χ1n) is 10.6. The molecule has 2 heterocycles. The Bertz CT molecular complexity index is 1040. The molecule has 4 rings (SSSR count). The molecule has 1 unspecified atom stereocenters. The van der Waals surface area contributed by atoms with E-state index in [1.165, 1.54) is 11.8 Å². The number of anilines is 2. The van der Waals surface area contributed by atoms with Crippen LogP contribution in [0.15, 0.2) is 41.8 Å². The van der Waals surface area contributed by atoms with E-state index in [1.54, 1.807) is 35.6 Å². The molecule has 1 saturated carbocycles. The highest BCUT2D eigenvalue weighted by Gasteiger charge is 2.23. The van der Waals surface area contributed by atoms with Crippen molar-refractivity contribution in [3.05, 3.63) is 46.7 Å². The third-order valence-corrected chi connectivity index (χ3v) is 5.47. The second-order valence-corrected chi connectivity index (χ2v) is 8.42. The van der Waals surface area contributed by atoms with Gasteiger partial charge in [-0.1, -0.05) is 6.07 Å². The number of benzene rings is 1. The summed E-state index contributed by atoms with van der Waals surface area (Å²) in [6.07, 6.45) is 1.29. The Kier molecular flexibility index (Phi) is 7.40. The highest BCUT2D eigenvalue weighted by molar-refractivity contribution is 7.09. The van der Waals surface area contributed by atoms with Gasteiger partial charge in [0.1, 0.15) is 24.7 Å². The number of nitrogens with one attached hydrogen (secondary N) is 2. The molecule has 11 heteroatoms. The van der Waals surface area contributed by atoms with Gasteiger partial charge >= 0.3 is 12.0 Å². The molecule has 3 N–H and O–H groups in total. The molecule has 1 aliphatic carbocycles. The lowest BCUT2D eigenvalue weighted by Crippen LogP contribution is -2.22. The summed E-state index contributed by atoms with van der Waals surface area (Å²) in [7, 11) is 0. The maximum absolute atomic E-state index is 10.9. The Morgan fingerprint density at radius 2 is 1.82 bits per heavy atom. The largest absolute Gasteiger partial charge is 0.490 e. The Balaban J connectivity index is 1.28. The Morgan fingerprint density at radius 3 is 2.52 bits per heavy atom. The zero-order valence-corrected chi connectivity index (χ0v) is 18.9. The second kappa shape index (κ2) is 10.8. The van der Waals surface area contributed by atoms with Crippen LogP contribution in [0.1, 0.15) is 24.6 Å². The van der Waals surface area contributed by atoms with Gasteiger partial charge in [0.25, 0.3) is 0 Å². The van der Waals surface area contributed by atoms with Gasteiger partial charge in [-0.05, 0) is 55.5 Å². The van der Waals surface area contributed by atoms with Gasteiger partial charge in [0.15, 0.2) is 6.10 Å². The molecule has 1 fully saturated rings. The van der Waals surface area contributed by atoms with Gasteiger partial charge in [0, 0.05) is 10.9 Å². The van der Waals surface area contributed by atoms with Crippen molar-refractivity contribution < 1.29 is 24.1 Å². The van der Waals surface area contributed by atoms with Crippen LogP contribution in [-0.4, -0.2) is 51.4 Å². The number of hydrogen-bond acceptors (Lipinski definition) is 10. The molecule has 10 nitrogen and oxygen atoms in total. The summed E-state index contributed by atoms with van der Waals surface area (Å²) in [6, 6.07) is 11.4. The first-order chi connectivity index (χ1) is 16.0. The number of nitrogens with zero attached hydrogens (tertiary/aromatic N) is 3. The van der Waals surface area contributed by atoms with Gasteiger partial charge in [-0.3, -0.25) is 0 Å². The van der Waals surface area contributed by atoms with Crippen molar-refractivity contribution in [3.8, 4) is 17.5 Å². The number of hydrogen-bond donors (Lipinski definition) is 3. The number of aliphatic carboxylic acids is 1. The molecular weight excluding hydrogens is 446 g/mol. The van der Waals surface area contributed by atoms with E-state index in [1.807, 2.05) is 17.5 Å². The lowest BCUT2D eigenvalue weighted by molar-refractivity contribution is -0.144. The van der Waals surface area contributed by atoms with Crippen LogP contribution in [0.2, 0.25) is 0 Å². The van der Waals surface area contributed by atoms with Crippen molar-refractivity contribution >= 4 is 29.2 Å². The molecule has 0 amide bonds. The molecule has 3 aromatic rings.